The summed E-state index contributed by atoms with van der Waals surface area (Å²) in [4.78, 5) is 39.8. The lowest BCUT2D eigenvalue weighted by Crippen LogP contribution is -2.45. The number of aromatic nitrogens is 2. The number of piperidine rings is 1. The molecule has 0 radical (unpaired) electrons. The molecule has 2 aromatic carbocycles. The Morgan fingerprint density at radius 2 is 1.65 bits per heavy atom. The first kappa shape index (κ1) is 23.9. The summed E-state index contributed by atoms with van der Waals surface area (Å²) in [6.07, 6.45) is 1.74. The van der Waals surface area contributed by atoms with Gasteiger partial charge in [0.15, 0.2) is 0 Å². The number of likely N-dealkylation sites (tertiary alicyclic amines) is 1. The summed E-state index contributed by atoms with van der Waals surface area (Å²) in [5, 5.41) is 0.0973. The number of hydrogen-bond acceptors (Lipinski definition) is 5. The monoisotopic (exact) mass is 484 g/mol. The topological polar surface area (TPSA) is 110 Å². The summed E-state index contributed by atoms with van der Waals surface area (Å²) in [7, 11) is -1.32. The van der Waals surface area contributed by atoms with Crippen molar-refractivity contribution in [2.24, 2.45) is 20.0 Å². The highest BCUT2D eigenvalue weighted by Crippen LogP contribution is 2.24. The molecule has 0 bridgehead atoms. The predicted molar refractivity (Wildman–Crippen MR) is 129 cm³/mol. The third kappa shape index (κ3) is 4.43. The smallest absolute Gasteiger partial charge is 0.330 e. The lowest BCUT2D eigenvalue weighted by atomic mass is 9.98. The van der Waals surface area contributed by atoms with Crippen LogP contribution >= 0.6 is 0 Å². The maximum absolute atomic E-state index is 13.4. The molecule has 1 aliphatic heterocycles. The fourth-order valence-corrected chi connectivity index (χ4v) is 5.49. The molecule has 1 fully saturated rings. The second kappa shape index (κ2) is 9.19. The summed E-state index contributed by atoms with van der Waals surface area (Å²) in [6.45, 7) is 3.29. The van der Waals surface area contributed by atoms with Gasteiger partial charge in [-0.2, -0.15) is 4.72 Å². The lowest BCUT2D eigenvalue weighted by molar-refractivity contribution is -0.134. The van der Waals surface area contributed by atoms with Gasteiger partial charge in [-0.05, 0) is 42.5 Å². The zero-order chi connectivity index (χ0) is 24.6. The van der Waals surface area contributed by atoms with Crippen molar-refractivity contribution in [3.8, 4) is 0 Å². The molecule has 0 spiro atoms. The summed E-state index contributed by atoms with van der Waals surface area (Å²) in [5.74, 6) is 0.216. The highest BCUT2D eigenvalue weighted by molar-refractivity contribution is 7.89. The summed E-state index contributed by atoms with van der Waals surface area (Å²) < 4.78 is 31.6. The molecule has 180 valence electrons. The molecule has 2 heterocycles. The molecular formula is C24H28N4O5S. The Kier molecular flexibility index (Phi) is 6.46. The van der Waals surface area contributed by atoms with Gasteiger partial charge in [0.2, 0.25) is 15.9 Å². The van der Waals surface area contributed by atoms with Crippen molar-refractivity contribution < 1.29 is 13.2 Å². The van der Waals surface area contributed by atoms with Crippen LogP contribution in [-0.4, -0.2) is 41.4 Å². The average molecular weight is 485 g/mol. The number of carbonyl (C=O) groups is 1. The van der Waals surface area contributed by atoms with E-state index in [9.17, 15) is 22.8 Å². The molecule has 4 rings (SSSR count). The van der Waals surface area contributed by atoms with Crippen molar-refractivity contribution >= 4 is 26.8 Å². The van der Waals surface area contributed by atoms with Crippen molar-refractivity contribution in [3.05, 3.63) is 74.9 Å². The van der Waals surface area contributed by atoms with Gasteiger partial charge in [0, 0.05) is 27.2 Å². The van der Waals surface area contributed by atoms with E-state index in [1.54, 1.807) is 35.2 Å². The first-order valence-electron chi connectivity index (χ1n) is 11.2. The molecule has 0 saturated carbocycles. The van der Waals surface area contributed by atoms with E-state index < -0.39 is 27.3 Å². The van der Waals surface area contributed by atoms with Crippen LogP contribution in [0.2, 0.25) is 0 Å². The van der Waals surface area contributed by atoms with E-state index in [0.29, 0.717) is 30.1 Å². The molecule has 3 aromatic rings. The molecule has 9 nitrogen and oxygen atoms in total. The minimum absolute atomic E-state index is 0.0973. The molecule has 1 N–H and O–H groups in total. The highest BCUT2D eigenvalue weighted by Gasteiger charge is 2.32. The summed E-state index contributed by atoms with van der Waals surface area (Å²) in [5.41, 5.74) is -0.232. The number of carbonyl (C=O) groups excluding carboxylic acids is 1. The summed E-state index contributed by atoms with van der Waals surface area (Å²) in [6, 6.07) is 11.6. The fourth-order valence-electron chi connectivity index (χ4n) is 4.28. The second-order valence-corrected chi connectivity index (χ2v) is 10.6. The normalized spacial score (nSPS) is 16.0. The van der Waals surface area contributed by atoms with Crippen LogP contribution in [0.1, 0.15) is 31.4 Å². The zero-order valence-electron chi connectivity index (χ0n) is 19.4. The highest BCUT2D eigenvalue weighted by atomic mass is 32.2. The van der Waals surface area contributed by atoms with Crippen molar-refractivity contribution in [1.29, 1.82) is 0 Å². The molecule has 0 unspecified atom stereocenters. The van der Waals surface area contributed by atoms with E-state index in [-0.39, 0.29) is 16.2 Å². The number of rotatable bonds is 5. The Morgan fingerprint density at radius 1 is 1.00 bits per heavy atom. The minimum atomic E-state index is -4.18. The van der Waals surface area contributed by atoms with E-state index in [1.165, 1.54) is 36.9 Å². The van der Waals surface area contributed by atoms with Crippen molar-refractivity contribution in [1.82, 2.24) is 18.8 Å². The molecule has 1 amide bonds. The molecule has 34 heavy (non-hydrogen) atoms. The SMILES string of the molecule is CC1CCN(C(=O)[C@H](NS(=O)(=O)c2ccc3c(c2)c(=O)n(C)c(=O)n3C)c2ccccc2)CC1. The average Bonchev–Trinajstić information content (AvgIpc) is 2.85. The van der Waals surface area contributed by atoms with Crippen LogP contribution in [0, 0.1) is 5.92 Å². The molecular weight excluding hydrogens is 456 g/mol. The fraction of sp³-hybridized carbons (Fsp3) is 0.375. The summed E-state index contributed by atoms with van der Waals surface area (Å²) >= 11 is 0. The quantitative estimate of drug-likeness (QED) is 0.590. The maximum atomic E-state index is 13.4. The number of fused-ring (bicyclic) bond motifs is 1. The van der Waals surface area contributed by atoms with Crippen LogP contribution in [-0.2, 0) is 28.9 Å². The van der Waals surface area contributed by atoms with Gasteiger partial charge < -0.3 is 4.90 Å². The van der Waals surface area contributed by atoms with Crippen LogP contribution in [0.3, 0.4) is 0 Å². The maximum Gasteiger partial charge on any atom is 0.330 e. The number of aryl methyl sites for hydroxylation is 1. The third-order valence-electron chi connectivity index (χ3n) is 6.50. The van der Waals surface area contributed by atoms with Crippen LogP contribution in [0.15, 0.2) is 63.0 Å². The lowest BCUT2D eigenvalue weighted by Gasteiger charge is -2.33. The number of amides is 1. The first-order chi connectivity index (χ1) is 16.1. The second-order valence-electron chi connectivity index (χ2n) is 8.86. The number of nitrogens with one attached hydrogen (secondary N) is 1. The van der Waals surface area contributed by atoms with E-state index in [2.05, 4.69) is 11.6 Å². The number of hydrogen-bond donors (Lipinski definition) is 1. The predicted octanol–water partition coefficient (Wildman–Crippen LogP) is 1.52. The van der Waals surface area contributed by atoms with Gasteiger partial charge >= 0.3 is 5.69 Å². The van der Waals surface area contributed by atoms with Crippen LogP contribution in [0.5, 0.6) is 0 Å². The largest absolute Gasteiger partial charge is 0.341 e. The van der Waals surface area contributed by atoms with Gasteiger partial charge in [0.25, 0.3) is 5.56 Å². The Labute approximate surface area is 197 Å². The molecule has 0 aliphatic carbocycles. The van der Waals surface area contributed by atoms with Crippen LogP contribution in [0.4, 0.5) is 0 Å². The zero-order valence-corrected chi connectivity index (χ0v) is 20.2. The van der Waals surface area contributed by atoms with Crippen molar-refractivity contribution in [3.63, 3.8) is 0 Å². The standard InChI is InChI=1S/C24H28N4O5S/c1-16-11-13-28(14-12-16)23(30)21(17-7-5-4-6-8-17)25-34(32,33)18-9-10-20-19(15-18)22(29)27(3)24(31)26(20)2/h4-10,15-16,21,25H,11-14H2,1-3H3/t21-/m1/s1. The first-order valence-corrected chi connectivity index (χ1v) is 12.6. The van der Waals surface area contributed by atoms with E-state index in [4.69, 9.17) is 0 Å². The third-order valence-corrected chi connectivity index (χ3v) is 7.92. The van der Waals surface area contributed by atoms with Gasteiger partial charge in [-0.3, -0.25) is 18.7 Å². The Balaban J connectivity index is 1.74. The van der Waals surface area contributed by atoms with Gasteiger partial charge in [-0.1, -0.05) is 37.3 Å². The Bertz CT molecular complexity index is 1450. The van der Waals surface area contributed by atoms with Crippen molar-refractivity contribution in [2.45, 2.75) is 30.7 Å². The Morgan fingerprint density at radius 3 is 2.29 bits per heavy atom. The van der Waals surface area contributed by atoms with Gasteiger partial charge in [0.05, 0.1) is 15.8 Å². The molecule has 1 saturated heterocycles. The molecule has 1 atom stereocenters. The molecule has 1 aliphatic rings. The van der Waals surface area contributed by atoms with E-state index in [1.807, 2.05) is 0 Å². The van der Waals surface area contributed by atoms with E-state index >= 15 is 0 Å². The van der Waals surface area contributed by atoms with Crippen LogP contribution < -0.4 is 16.0 Å². The van der Waals surface area contributed by atoms with Gasteiger partial charge in [-0.25, -0.2) is 13.2 Å². The van der Waals surface area contributed by atoms with E-state index in [0.717, 1.165) is 17.4 Å². The number of sulfonamides is 1. The van der Waals surface area contributed by atoms with Crippen LogP contribution in [0.25, 0.3) is 10.9 Å². The number of benzene rings is 2. The molecule has 10 heteroatoms. The number of nitrogens with zero attached hydrogens (tertiary/aromatic N) is 3. The van der Waals surface area contributed by atoms with Gasteiger partial charge in [0.1, 0.15) is 6.04 Å². The molecule has 1 aromatic heterocycles. The van der Waals surface area contributed by atoms with Gasteiger partial charge in [-0.15, -0.1) is 0 Å². The Hall–Kier alpha value is -3.24. The minimum Gasteiger partial charge on any atom is -0.341 e. The van der Waals surface area contributed by atoms with Crippen molar-refractivity contribution in [2.75, 3.05) is 13.1 Å².